The summed E-state index contributed by atoms with van der Waals surface area (Å²) in [7, 11) is 0. The van der Waals surface area contributed by atoms with Gasteiger partial charge in [0.05, 0.1) is 11.6 Å². The quantitative estimate of drug-likeness (QED) is 0.407. The van der Waals surface area contributed by atoms with E-state index in [1.807, 2.05) is 31.2 Å². The first-order chi connectivity index (χ1) is 15.4. The fourth-order valence-electron chi connectivity index (χ4n) is 4.19. The minimum absolute atomic E-state index is 0.0947. The zero-order chi connectivity index (χ0) is 22.8. The molecule has 2 aliphatic heterocycles. The fraction of sp³-hybridized carbons (Fsp3) is 0.360. The summed E-state index contributed by atoms with van der Waals surface area (Å²) in [6, 6.07) is 12.0. The first-order valence-corrected chi connectivity index (χ1v) is 10.9. The van der Waals surface area contributed by atoms with Gasteiger partial charge in [-0.3, -0.25) is 9.59 Å². The van der Waals surface area contributed by atoms with Crippen molar-refractivity contribution in [2.75, 3.05) is 33.0 Å². The minimum Gasteiger partial charge on any atom is -0.507 e. The average molecular weight is 437 g/mol. The monoisotopic (exact) mass is 436 g/mol. The Morgan fingerprint density at radius 1 is 1.06 bits per heavy atom. The minimum atomic E-state index is -0.676. The van der Waals surface area contributed by atoms with Crippen LogP contribution in [0.25, 0.3) is 5.76 Å². The van der Waals surface area contributed by atoms with Crippen LogP contribution in [0.5, 0.6) is 11.5 Å². The van der Waals surface area contributed by atoms with Crippen LogP contribution in [0.2, 0.25) is 0 Å². The van der Waals surface area contributed by atoms with Gasteiger partial charge >= 0.3 is 0 Å². The summed E-state index contributed by atoms with van der Waals surface area (Å²) in [5.41, 5.74) is 2.37. The number of nitrogens with zero attached hydrogens (tertiary/aromatic N) is 2. The number of hydrogen-bond acceptors (Lipinski definition) is 6. The predicted molar refractivity (Wildman–Crippen MR) is 121 cm³/mol. The van der Waals surface area contributed by atoms with Crippen LogP contribution in [0, 0.1) is 6.92 Å². The lowest BCUT2D eigenvalue weighted by molar-refractivity contribution is -0.140. The van der Waals surface area contributed by atoms with E-state index in [4.69, 9.17) is 9.47 Å². The summed E-state index contributed by atoms with van der Waals surface area (Å²) < 4.78 is 10.7. The van der Waals surface area contributed by atoms with E-state index in [2.05, 4.69) is 18.7 Å². The molecule has 7 nitrogen and oxygen atoms in total. The Balaban J connectivity index is 1.78. The highest BCUT2D eigenvalue weighted by atomic mass is 16.7. The van der Waals surface area contributed by atoms with Crippen LogP contribution in [-0.2, 0) is 9.59 Å². The van der Waals surface area contributed by atoms with Gasteiger partial charge in [0.15, 0.2) is 11.5 Å². The van der Waals surface area contributed by atoms with Gasteiger partial charge in [-0.2, -0.15) is 0 Å². The van der Waals surface area contributed by atoms with E-state index in [9.17, 15) is 14.7 Å². The summed E-state index contributed by atoms with van der Waals surface area (Å²) >= 11 is 0. The number of aryl methyl sites for hydroxylation is 1. The van der Waals surface area contributed by atoms with Crippen LogP contribution >= 0.6 is 0 Å². The zero-order valence-corrected chi connectivity index (χ0v) is 18.6. The van der Waals surface area contributed by atoms with Gasteiger partial charge < -0.3 is 24.4 Å². The highest BCUT2D eigenvalue weighted by molar-refractivity contribution is 6.46. The largest absolute Gasteiger partial charge is 0.507 e. The average Bonchev–Trinajstić information content (AvgIpc) is 3.37. The number of rotatable bonds is 7. The molecule has 1 unspecified atom stereocenters. The number of likely N-dealkylation sites (tertiary alicyclic amines) is 1. The molecule has 2 aliphatic rings. The van der Waals surface area contributed by atoms with Crippen molar-refractivity contribution < 1.29 is 24.2 Å². The number of benzene rings is 2. The second kappa shape index (κ2) is 9.04. The van der Waals surface area contributed by atoms with E-state index in [1.165, 1.54) is 0 Å². The Hall–Kier alpha value is -3.32. The molecular weight excluding hydrogens is 408 g/mol. The van der Waals surface area contributed by atoms with Crippen molar-refractivity contribution in [1.29, 1.82) is 0 Å². The third kappa shape index (κ3) is 3.96. The molecule has 32 heavy (non-hydrogen) atoms. The van der Waals surface area contributed by atoms with E-state index in [-0.39, 0.29) is 18.1 Å². The first kappa shape index (κ1) is 21.9. The predicted octanol–water partition coefficient (Wildman–Crippen LogP) is 3.49. The van der Waals surface area contributed by atoms with Crippen molar-refractivity contribution in [2.24, 2.45) is 0 Å². The van der Waals surface area contributed by atoms with E-state index in [0.717, 1.165) is 24.2 Å². The molecule has 0 spiro atoms. The summed E-state index contributed by atoms with van der Waals surface area (Å²) in [6.45, 7) is 8.96. The van der Waals surface area contributed by atoms with Gasteiger partial charge in [0.1, 0.15) is 5.76 Å². The molecule has 0 aromatic heterocycles. The first-order valence-electron chi connectivity index (χ1n) is 10.9. The van der Waals surface area contributed by atoms with Crippen LogP contribution in [0.3, 0.4) is 0 Å². The molecule has 1 atom stereocenters. The van der Waals surface area contributed by atoms with E-state index >= 15 is 0 Å². The molecule has 0 saturated carbocycles. The molecule has 1 saturated heterocycles. The number of carbonyl (C=O) groups is 2. The smallest absolute Gasteiger partial charge is 0.295 e. The number of carbonyl (C=O) groups excluding carboxylic acids is 2. The SMILES string of the molecule is CCN(CC)CCN1C(=O)C(=O)/C(=C(/O)c2ccc3c(c2)OCO3)C1c1ccc(C)cc1. The molecule has 2 heterocycles. The molecule has 7 heteroatoms. The summed E-state index contributed by atoms with van der Waals surface area (Å²) in [6.07, 6.45) is 0. The lowest BCUT2D eigenvalue weighted by Crippen LogP contribution is -2.38. The number of hydrogen-bond donors (Lipinski definition) is 1. The van der Waals surface area contributed by atoms with Gasteiger partial charge in [-0.05, 0) is 43.8 Å². The van der Waals surface area contributed by atoms with Crippen LogP contribution in [-0.4, -0.2) is 59.6 Å². The van der Waals surface area contributed by atoms with Crippen molar-refractivity contribution in [3.8, 4) is 11.5 Å². The third-order valence-electron chi connectivity index (χ3n) is 6.13. The normalized spacial score (nSPS) is 19.2. The Bertz CT molecular complexity index is 1060. The van der Waals surface area contributed by atoms with Crippen molar-refractivity contribution in [2.45, 2.75) is 26.8 Å². The number of aliphatic hydroxyl groups excluding tert-OH is 1. The van der Waals surface area contributed by atoms with Crippen LogP contribution in [0.1, 0.15) is 36.6 Å². The Morgan fingerprint density at radius 2 is 1.75 bits per heavy atom. The van der Waals surface area contributed by atoms with Gasteiger partial charge in [0.2, 0.25) is 6.79 Å². The summed E-state index contributed by atoms with van der Waals surface area (Å²) in [5, 5.41) is 11.2. The second-order valence-corrected chi connectivity index (χ2v) is 8.00. The molecule has 168 valence electrons. The topological polar surface area (TPSA) is 79.3 Å². The zero-order valence-electron chi connectivity index (χ0n) is 18.6. The highest BCUT2D eigenvalue weighted by Crippen LogP contribution is 2.41. The maximum absolute atomic E-state index is 13.1. The van der Waals surface area contributed by atoms with E-state index in [1.54, 1.807) is 23.1 Å². The number of likely N-dealkylation sites (N-methyl/N-ethyl adjacent to an activating group) is 1. The van der Waals surface area contributed by atoms with Crippen LogP contribution in [0.4, 0.5) is 0 Å². The van der Waals surface area contributed by atoms with Crippen molar-refractivity contribution >= 4 is 17.4 Å². The Kier molecular flexibility index (Phi) is 6.19. The lowest BCUT2D eigenvalue weighted by atomic mass is 9.94. The highest BCUT2D eigenvalue weighted by Gasteiger charge is 2.46. The maximum atomic E-state index is 13.1. The number of amides is 1. The van der Waals surface area contributed by atoms with Gasteiger partial charge in [-0.1, -0.05) is 43.7 Å². The molecule has 0 bridgehead atoms. The number of ketones is 1. The molecule has 0 radical (unpaired) electrons. The van der Waals surface area contributed by atoms with Crippen molar-refractivity contribution in [3.05, 3.63) is 64.7 Å². The van der Waals surface area contributed by atoms with E-state index < -0.39 is 17.7 Å². The van der Waals surface area contributed by atoms with Crippen molar-refractivity contribution in [3.63, 3.8) is 0 Å². The Labute approximate surface area is 187 Å². The molecule has 2 aromatic rings. The molecular formula is C25H28N2O5. The third-order valence-corrected chi connectivity index (χ3v) is 6.13. The Morgan fingerprint density at radius 3 is 2.44 bits per heavy atom. The van der Waals surface area contributed by atoms with Gasteiger partial charge in [-0.15, -0.1) is 0 Å². The number of ether oxygens (including phenoxy) is 2. The molecule has 2 aromatic carbocycles. The lowest BCUT2D eigenvalue weighted by Gasteiger charge is -2.28. The fourth-order valence-corrected chi connectivity index (χ4v) is 4.19. The number of Topliss-reactive ketones (excluding diaryl/α,β-unsaturated/α-hetero) is 1. The summed E-state index contributed by atoms with van der Waals surface area (Å²) in [5.74, 6) is -0.402. The standard InChI is InChI=1S/C25H28N2O5/c1-4-26(5-2)12-13-27-22(17-8-6-16(3)7-9-17)21(24(29)25(27)30)23(28)18-10-11-19-20(14-18)32-15-31-19/h6-11,14,22,28H,4-5,12-13,15H2,1-3H3/b23-21+. The van der Waals surface area contributed by atoms with Crippen LogP contribution in [0.15, 0.2) is 48.0 Å². The molecule has 1 N–H and O–H groups in total. The molecule has 4 rings (SSSR count). The molecule has 1 fully saturated rings. The number of aliphatic hydroxyl groups is 1. The van der Waals surface area contributed by atoms with E-state index in [0.29, 0.717) is 30.2 Å². The maximum Gasteiger partial charge on any atom is 0.295 e. The van der Waals surface area contributed by atoms with Gasteiger partial charge in [0, 0.05) is 18.7 Å². The summed E-state index contributed by atoms with van der Waals surface area (Å²) in [4.78, 5) is 29.9. The van der Waals surface area contributed by atoms with Crippen LogP contribution < -0.4 is 9.47 Å². The van der Waals surface area contributed by atoms with Crippen molar-refractivity contribution in [1.82, 2.24) is 9.80 Å². The number of fused-ring (bicyclic) bond motifs is 1. The molecule has 1 amide bonds. The second-order valence-electron chi connectivity index (χ2n) is 8.00. The molecule has 0 aliphatic carbocycles. The van der Waals surface area contributed by atoms with Gasteiger partial charge in [-0.25, -0.2) is 0 Å². The van der Waals surface area contributed by atoms with Gasteiger partial charge in [0.25, 0.3) is 11.7 Å².